The number of carboxylic acid groups (broad SMARTS) is 1. The average Bonchev–Trinajstić information content (AvgIpc) is 2.71. The molecule has 0 spiro atoms. The van der Waals surface area contributed by atoms with Crippen molar-refractivity contribution in [1.82, 2.24) is 16.0 Å². The van der Waals surface area contributed by atoms with Gasteiger partial charge in [0.15, 0.2) is 5.96 Å². The SMILES string of the molecule is CC(C)CC(NC(=O)C(N)CC(N)=O)C(=O)NC(C(=O)NC(CCCN=C(N)N)C(=O)O)C(C)C. The highest BCUT2D eigenvalue weighted by molar-refractivity contribution is 5.95. The van der Waals surface area contributed by atoms with Gasteiger partial charge >= 0.3 is 5.97 Å². The third kappa shape index (κ3) is 13.2. The van der Waals surface area contributed by atoms with Crippen molar-refractivity contribution in [3.8, 4) is 0 Å². The lowest BCUT2D eigenvalue weighted by Crippen LogP contribution is -2.58. The number of primary amides is 1. The van der Waals surface area contributed by atoms with E-state index in [-0.39, 0.29) is 31.3 Å². The quantitative estimate of drug-likeness (QED) is 0.0631. The van der Waals surface area contributed by atoms with Crippen LogP contribution >= 0.6 is 0 Å². The minimum absolute atomic E-state index is 0.00801. The fourth-order valence-electron chi connectivity index (χ4n) is 3.10. The number of aliphatic carboxylic acids is 1. The van der Waals surface area contributed by atoms with Crippen LogP contribution in [0.15, 0.2) is 4.99 Å². The number of amides is 4. The molecule has 0 aromatic heterocycles. The number of carbonyl (C=O) groups is 5. The van der Waals surface area contributed by atoms with Gasteiger partial charge in [0.25, 0.3) is 0 Å². The molecular weight excluding hydrogens is 460 g/mol. The Bertz CT molecular complexity index is 782. The summed E-state index contributed by atoms with van der Waals surface area (Å²) in [6.45, 7) is 7.22. The minimum Gasteiger partial charge on any atom is -0.480 e. The van der Waals surface area contributed by atoms with Crippen LogP contribution in [0.1, 0.15) is 53.4 Å². The zero-order valence-corrected chi connectivity index (χ0v) is 20.7. The summed E-state index contributed by atoms with van der Waals surface area (Å²) in [7, 11) is 0. The molecule has 4 atom stereocenters. The Balaban J connectivity index is 5.38. The number of hydrogen-bond acceptors (Lipinski definition) is 7. The van der Waals surface area contributed by atoms with Crippen LogP contribution in [-0.2, 0) is 24.0 Å². The van der Waals surface area contributed by atoms with Crippen LogP contribution < -0.4 is 38.9 Å². The summed E-state index contributed by atoms with van der Waals surface area (Å²) in [4.78, 5) is 64.6. The van der Waals surface area contributed by atoms with Crippen molar-refractivity contribution < 1.29 is 29.1 Å². The van der Waals surface area contributed by atoms with Gasteiger partial charge in [0.05, 0.1) is 12.5 Å². The predicted octanol–water partition coefficient (Wildman–Crippen LogP) is -2.52. The Labute approximate surface area is 205 Å². The second kappa shape index (κ2) is 15.5. The highest BCUT2D eigenvalue weighted by Gasteiger charge is 2.32. The summed E-state index contributed by atoms with van der Waals surface area (Å²) >= 11 is 0. The van der Waals surface area contributed by atoms with E-state index in [2.05, 4.69) is 20.9 Å². The Kier molecular flexibility index (Phi) is 14.0. The van der Waals surface area contributed by atoms with Gasteiger partial charge in [-0.05, 0) is 31.1 Å². The van der Waals surface area contributed by atoms with E-state index in [0.29, 0.717) is 6.42 Å². The lowest BCUT2D eigenvalue weighted by Gasteiger charge is -2.27. The van der Waals surface area contributed by atoms with Crippen LogP contribution in [0.5, 0.6) is 0 Å². The third-order valence-corrected chi connectivity index (χ3v) is 4.90. The molecule has 0 aromatic carbocycles. The van der Waals surface area contributed by atoms with E-state index >= 15 is 0 Å². The number of rotatable bonds is 16. The summed E-state index contributed by atoms with van der Waals surface area (Å²) in [6, 6.07) is -4.56. The van der Waals surface area contributed by atoms with Crippen molar-refractivity contribution in [2.75, 3.05) is 6.54 Å². The molecule has 0 saturated carbocycles. The first-order valence-corrected chi connectivity index (χ1v) is 11.4. The number of nitrogens with zero attached hydrogens (tertiary/aromatic N) is 1. The van der Waals surface area contributed by atoms with Gasteiger partial charge in [-0.15, -0.1) is 0 Å². The number of nitrogens with two attached hydrogens (primary N) is 4. The summed E-state index contributed by atoms with van der Waals surface area (Å²) in [5, 5.41) is 17.0. The number of aliphatic imine (C=N–C) groups is 1. The van der Waals surface area contributed by atoms with E-state index < -0.39 is 66.1 Å². The summed E-state index contributed by atoms with van der Waals surface area (Å²) in [6.07, 6.45) is 0.219. The molecule has 0 rings (SSSR count). The maximum absolute atomic E-state index is 13.0. The van der Waals surface area contributed by atoms with Crippen LogP contribution in [0, 0.1) is 11.8 Å². The largest absolute Gasteiger partial charge is 0.480 e. The molecule has 14 heteroatoms. The van der Waals surface area contributed by atoms with Crippen molar-refractivity contribution in [2.45, 2.75) is 77.5 Å². The standard InChI is InChI=1S/C21H40N8O6/c1-10(2)8-14(28-17(31)12(22)9-15(23)30)18(32)29-16(11(3)4)19(33)27-13(20(34)35)6-5-7-26-21(24)25/h10-14,16H,5-9,22H2,1-4H3,(H2,23,30)(H,27,33)(H,28,31)(H,29,32)(H,34,35)(H4,24,25,26). The van der Waals surface area contributed by atoms with Crippen LogP contribution in [0.25, 0.3) is 0 Å². The minimum atomic E-state index is -1.25. The smallest absolute Gasteiger partial charge is 0.326 e. The van der Waals surface area contributed by atoms with Gasteiger partial charge in [-0.25, -0.2) is 4.79 Å². The highest BCUT2D eigenvalue weighted by Crippen LogP contribution is 2.09. The first-order valence-electron chi connectivity index (χ1n) is 11.4. The molecule has 0 aliphatic heterocycles. The zero-order chi connectivity index (χ0) is 27.3. The molecule has 0 radical (unpaired) electrons. The fraction of sp³-hybridized carbons (Fsp3) is 0.714. The fourth-order valence-corrected chi connectivity index (χ4v) is 3.10. The highest BCUT2D eigenvalue weighted by atomic mass is 16.4. The molecule has 0 aliphatic rings. The second-order valence-electron chi connectivity index (χ2n) is 9.05. The molecular formula is C21H40N8O6. The van der Waals surface area contributed by atoms with Crippen molar-refractivity contribution >= 4 is 35.6 Å². The molecule has 0 aliphatic carbocycles. The number of hydrogen-bond donors (Lipinski definition) is 8. The molecule has 4 amide bonds. The third-order valence-electron chi connectivity index (χ3n) is 4.90. The average molecular weight is 501 g/mol. The van der Waals surface area contributed by atoms with Gasteiger partial charge in [0, 0.05) is 6.54 Å². The number of carboxylic acids is 1. The Morgan fingerprint density at radius 1 is 0.857 bits per heavy atom. The lowest BCUT2D eigenvalue weighted by atomic mass is 9.99. The van der Waals surface area contributed by atoms with Crippen LogP contribution in [0.4, 0.5) is 0 Å². The first-order chi connectivity index (χ1) is 16.1. The van der Waals surface area contributed by atoms with Crippen molar-refractivity contribution in [3.63, 3.8) is 0 Å². The van der Waals surface area contributed by atoms with E-state index in [1.807, 2.05) is 13.8 Å². The number of carbonyl (C=O) groups excluding carboxylic acids is 4. The molecule has 14 nitrogen and oxygen atoms in total. The molecule has 0 heterocycles. The maximum Gasteiger partial charge on any atom is 0.326 e. The van der Waals surface area contributed by atoms with E-state index in [1.165, 1.54) is 0 Å². The predicted molar refractivity (Wildman–Crippen MR) is 129 cm³/mol. The molecule has 0 aromatic rings. The number of guanidine groups is 1. The molecule has 35 heavy (non-hydrogen) atoms. The van der Waals surface area contributed by atoms with Crippen molar-refractivity contribution in [3.05, 3.63) is 0 Å². The van der Waals surface area contributed by atoms with Crippen molar-refractivity contribution in [1.29, 1.82) is 0 Å². The molecule has 0 saturated heterocycles. The first kappa shape index (κ1) is 31.6. The van der Waals surface area contributed by atoms with E-state index in [0.717, 1.165) is 0 Å². The topological polar surface area (TPSA) is 258 Å². The Hall–Kier alpha value is -3.42. The molecule has 0 fully saturated rings. The summed E-state index contributed by atoms with van der Waals surface area (Å²) < 4.78 is 0. The second-order valence-corrected chi connectivity index (χ2v) is 9.05. The van der Waals surface area contributed by atoms with Gasteiger partial charge in [0.1, 0.15) is 18.1 Å². The van der Waals surface area contributed by atoms with E-state index in [4.69, 9.17) is 22.9 Å². The van der Waals surface area contributed by atoms with E-state index in [1.54, 1.807) is 13.8 Å². The number of nitrogens with one attached hydrogen (secondary N) is 3. The van der Waals surface area contributed by atoms with Gasteiger partial charge in [-0.3, -0.25) is 24.2 Å². The molecule has 200 valence electrons. The van der Waals surface area contributed by atoms with Gasteiger partial charge < -0.3 is 44.0 Å². The monoisotopic (exact) mass is 500 g/mol. The maximum atomic E-state index is 13.0. The molecule has 12 N–H and O–H groups in total. The van der Waals surface area contributed by atoms with Gasteiger partial charge in [-0.1, -0.05) is 27.7 Å². The van der Waals surface area contributed by atoms with Crippen molar-refractivity contribution in [2.24, 2.45) is 39.8 Å². The lowest BCUT2D eigenvalue weighted by molar-refractivity contribution is -0.142. The summed E-state index contributed by atoms with van der Waals surface area (Å²) in [5.41, 5.74) is 21.2. The van der Waals surface area contributed by atoms with Crippen LogP contribution in [0.2, 0.25) is 0 Å². The molecule has 0 bridgehead atoms. The van der Waals surface area contributed by atoms with Crippen LogP contribution in [-0.4, -0.2) is 71.4 Å². The van der Waals surface area contributed by atoms with E-state index in [9.17, 15) is 29.1 Å². The van der Waals surface area contributed by atoms with Gasteiger partial charge in [-0.2, -0.15) is 0 Å². The Morgan fingerprint density at radius 2 is 1.43 bits per heavy atom. The Morgan fingerprint density at radius 3 is 1.89 bits per heavy atom. The molecule has 4 unspecified atom stereocenters. The van der Waals surface area contributed by atoms with Gasteiger partial charge in [0.2, 0.25) is 23.6 Å². The van der Waals surface area contributed by atoms with Crippen LogP contribution in [0.3, 0.4) is 0 Å². The zero-order valence-electron chi connectivity index (χ0n) is 20.7. The normalized spacial score (nSPS) is 14.4. The summed E-state index contributed by atoms with van der Waals surface area (Å²) in [5.74, 6) is -4.61.